The Morgan fingerprint density at radius 1 is 1.13 bits per heavy atom. The topological polar surface area (TPSA) is 90.1 Å². The molecule has 0 aliphatic rings. The molecule has 2 aromatic rings. The molecule has 6 heteroatoms. The fourth-order valence-corrected chi connectivity index (χ4v) is 1.51. The number of hydrogen-bond donors (Lipinski definition) is 2. The zero-order valence-corrected chi connectivity index (χ0v) is 13.8. The van der Waals surface area contributed by atoms with Crippen LogP contribution in [0.25, 0.3) is 0 Å². The van der Waals surface area contributed by atoms with Crippen LogP contribution in [0, 0.1) is 0 Å². The molecule has 0 spiro atoms. The summed E-state index contributed by atoms with van der Waals surface area (Å²) in [7, 11) is 0. The number of nitrogens with one attached hydrogen (secondary N) is 1. The summed E-state index contributed by atoms with van der Waals surface area (Å²) in [6.45, 7) is 6.50. The number of alkyl carbamates (subject to hydrolysis) is 1. The largest absolute Gasteiger partial charge is 0.444 e. The first kappa shape index (κ1) is 18.6. The van der Waals surface area contributed by atoms with Crippen molar-refractivity contribution in [3.8, 4) is 0 Å². The van der Waals surface area contributed by atoms with E-state index in [0.29, 0.717) is 13.1 Å². The van der Waals surface area contributed by atoms with E-state index in [1.54, 1.807) is 24.8 Å². The lowest BCUT2D eigenvalue weighted by molar-refractivity contribution is 0.0523. The van der Waals surface area contributed by atoms with E-state index < -0.39 is 11.7 Å². The van der Waals surface area contributed by atoms with E-state index in [1.165, 1.54) is 0 Å². The maximum atomic E-state index is 11.3. The van der Waals surface area contributed by atoms with Gasteiger partial charge in [-0.3, -0.25) is 9.97 Å². The highest BCUT2D eigenvalue weighted by Gasteiger charge is 2.15. The van der Waals surface area contributed by atoms with E-state index in [2.05, 4.69) is 15.3 Å². The molecule has 0 aliphatic carbocycles. The lowest BCUT2D eigenvalue weighted by Gasteiger charge is -2.19. The SMILES string of the molecule is CC(C)(C)OC(=O)NCc1cccnc1.NCc1cccnc1. The summed E-state index contributed by atoms with van der Waals surface area (Å²) in [5.41, 5.74) is 6.87. The average Bonchev–Trinajstić information content (AvgIpc) is 2.54. The number of hydrogen-bond acceptors (Lipinski definition) is 5. The van der Waals surface area contributed by atoms with Gasteiger partial charge in [0.1, 0.15) is 5.60 Å². The van der Waals surface area contributed by atoms with Crippen molar-refractivity contribution in [2.75, 3.05) is 0 Å². The number of nitrogens with two attached hydrogens (primary N) is 1. The summed E-state index contributed by atoms with van der Waals surface area (Å²) in [4.78, 5) is 19.1. The third-order valence-electron chi connectivity index (χ3n) is 2.52. The monoisotopic (exact) mass is 316 g/mol. The molecule has 0 radical (unpaired) electrons. The van der Waals surface area contributed by atoms with Crippen LogP contribution in [-0.2, 0) is 17.8 Å². The van der Waals surface area contributed by atoms with Crippen LogP contribution in [0.3, 0.4) is 0 Å². The molecule has 0 unspecified atom stereocenters. The third-order valence-corrected chi connectivity index (χ3v) is 2.52. The summed E-state index contributed by atoms with van der Waals surface area (Å²) in [5, 5.41) is 2.65. The van der Waals surface area contributed by atoms with E-state index in [0.717, 1.165) is 11.1 Å². The van der Waals surface area contributed by atoms with Gasteiger partial charge in [-0.05, 0) is 44.0 Å². The highest BCUT2D eigenvalue weighted by atomic mass is 16.6. The van der Waals surface area contributed by atoms with Gasteiger partial charge in [-0.15, -0.1) is 0 Å². The van der Waals surface area contributed by atoms with Crippen molar-refractivity contribution in [2.24, 2.45) is 5.73 Å². The van der Waals surface area contributed by atoms with E-state index in [1.807, 2.05) is 45.0 Å². The molecule has 23 heavy (non-hydrogen) atoms. The van der Waals surface area contributed by atoms with Crippen molar-refractivity contribution in [1.29, 1.82) is 0 Å². The summed E-state index contributed by atoms with van der Waals surface area (Å²) in [6, 6.07) is 7.55. The molecule has 2 rings (SSSR count). The molecule has 0 aromatic carbocycles. The van der Waals surface area contributed by atoms with Gasteiger partial charge in [0.25, 0.3) is 0 Å². The highest BCUT2D eigenvalue weighted by Crippen LogP contribution is 2.06. The van der Waals surface area contributed by atoms with Gasteiger partial charge >= 0.3 is 6.09 Å². The van der Waals surface area contributed by atoms with Gasteiger partial charge in [0.15, 0.2) is 0 Å². The van der Waals surface area contributed by atoms with Crippen LogP contribution in [0.15, 0.2) is 49.1 Å². The van der Waals surface area contributed by atoms with Crippen LogP contribution >= 0.6 is 0 Å². The number of aromatic nitrogens is 2. The molecule has 0 aliphatic heterocycles. The lowest BCUT2D eigenvalue weighted by Crippen LogP contribution is -2.32. The third kappa shape index (κ3) is 9.21. The predicted molar refractivity (Wildman–Crippen MR) is 89.4 cm³/mol. The van der Waals surface area contributed by atoms with Crippen molar-refractivity contribution < 1.29 is 9.53 Å². The minimum atomic E-state index is -0.459. The molecule has 0 atom stereocenters. The normalized spacial score (nSPS) is 10.3. The minimum Gasteiger partial charge on any atom is -0.444 e. The Morgan fingerprint density at radius 3 is 2.09 bits per heavy atom. The molecule has 124 valence electrons. The minimum absolute atomic E-state index is 0.411. The molecule has 0 saturated carbocycles. The summed E-state index contributed by atoms with van der Waals surface area (Å²) in [5.74, 6) is 0. The number of carbonyl (C=O) groups excluding carboxylic acids is 1. The van der Waals surface area contributed by atoms with Crippen molar-refractivity contribution in [1.82, 2.24) is 15.3 Å². The Balaban J connectivity index is 0.000000277. The quantitative estimate of drug-likeness (QED) is 0.908. The first-order valence-electron chi connectivity index (χ1n) is 7.35. The summed E-state index contributed by atoms with van der Waals surface area (Å²) in [6.07, 6.45) is 6.49. The number of pyridine rings is 2. The molecular formula is C17H24N4O2. The lowest BCUT2D eigenvalue weighted by atomic mass is 10.2. The zero-order chi connectivity index (χ0) is 17.1. The number of nitrogens with zero attached hydrogens (tertiary/aromatic N) is 2. The Labute approximate surface area is 137 Å². The molecular weight excluding hydrogens is 292 g/mol. The van der Waals surface area contributed by atoms with Gasteiger partial charge in [0.2, 0.25) is 0 Å². The Morgan fingerprint density at radius 2 is 1.70 bits per heavy atom. The number of rotatable bonds is 3. The number of carbonyl (C=O) groups is 1. The molecule has 3 N–H and O–H groups in total. The van der Waals surface area contributed by atoms with Crippen LogP contribution in [0.5, 0.6) is 0 Å². The fourth-order valence-electron chi connectivity index (χ4n) is 1.51. The van der Waals surface area contributed by atoms with Crippen LogP contribution in [0.1, 0.15) is 31.9 Å². The van der Waals surface area contributed by atoms with Gasteiger partial charge in [-0.2, -0.15) is 0 Å². The molecule has 2 heterocycles. The number of ether oxygens (including phenoxy) is 1. The Hall–Kier alpha value is -2.47. The van der Waals surface area contributed by atoms with Crippen LogP contribution < -0.4 is 11.1 Å². The number of amides is 1. The van der Waals surface area contributed by atoms with Gasteiger partial charge in [0, 0.05) is 37.9 Å². The van der Waals surface area contributed by atoms with E-state index in [-0.39, 0.29) is 0 Å². The molecule has 2 aromatic heterocycles. The maximum absolute atomic E-state index is 11.3. The summed E-state index contributed by atoms with van der Waals surface area (Å²) < 4.78 is 5.09. The van der Waals surface area contributed by atoms with Gasteiger partial charge in [0.05, 0.1) is 0 Å². The Bertz CT molecular complexity index is 568. The molecule has 0 bridgehead atoms. The standard InChI is InChI=1S/C11H16N2O2.C6H8N2/c1-11(2,3)15-10(14)13-8-9-5-4-6-12-7-9;7-4-6-2-1-3-8-5-6/h4-7H,8H2,1-3H3,(H,13,14);1-3,5H,4,7H2. The average molecular weight is 316 g/mol. The molecule has 6 nitrogen and oxygen atoms in total. The Kier molecular flexibility index (Phi) is 7.70. The van der Waals surface area contributed by atoms with E-state index >= 15 is 0 Å². The highest BCUT2D eigenvalue weighted by molar-refractivity contribution is 5.67. The van der Waals surface area contributed by atoms with Crippen LogP contribution in [0.2, 0.25) is 0 Å². The smallest absolute Gasteiger partial charge is 0.407 e. The second-order valence-electron chi connectivity index (χ2n) is 5.78. The first-order chi connectivity index (χ1) is 10.9. The predicted octanol–water partition coefficient (Wildman–Crippen LogP) is 2.65. The molecule has 0 fully saturated rings. The van der Waals surface area contributed by atoms with Crippen LogP contribution in [0.4, 0.5) is 4.79 Å². The van der Waals surface area contributed by atoms with Crippen molar-refractivity contribution >= 4 is 6.09 Å². The van der Waals surface area contributed by atoms with Crippen molar-refractivity contribution in [2.45, 2.75) is 39.5 Å². The second kappa shape index (κ2) is 9.53. The van der Waals surface area contributed by atoms with E-state index in [4.69, 9.17) is 10.5 Å². The maximum Gasteiger partial charge on any atom is 0.407 e. The van der Waals surface area contributed by atoms with Gasteiger partial charge < -0.3 is 15.8 Å². The summed E-state index contributed by atoms with van der Waals surface area (Å²) >= 11 is 0. The van der Waals surface area contributed by atoms with Crippen LogP contribution in [-0.4, -0.2) is 21.7 Å². The van der Waals surface area contributed by atoms with Crippen molar-refractivity contribution in [3.63, 3.8) is 0 Å². The second-order valence-corrected chi connectivity index (χ2v) is 5.78. The van der Waals surface area contributed by atoms with Gasteiger partial charge in [-0.25, -0.2) is 4.79 Å². The zero-order valence-electron chi connectivity index (χ0n) is 13.8. The van der Waals surface area contributed by atoms with Gasteiger partial charge in [-0.1, -0.05) is 12.1 Å². The molecule has 1 amide bonds. The fraction of sp³-hybridized carbons (Fsp3) is 0.353. The van der Waals surface area contributed by atoms with Crippen molar-refractivity contribution in [3.05, 3.63) is 60.2 Å². The molecule has 0 saturated heterocycles. The first-order valence-corrected chi connectivity index (χ1v) is 7.35. The van der Waals surface area contributed by atoms with E-state index in [9.17, 15) is 4.79 Å².